The number of halogens is 1. The standard InChI is InChI=1S/C10H18ClN3/c1-8(11)5-10(2,3)6-9-7-14(4)13-12-9/h7-8H,5-6H2,1-4H3. The van der Waals surface area contributed by atoms with Crippen LogP contribution < -0.4 is 0 Å². The van der Waals surface area contributed by atoms with Gasteiger partial charge in [-0.3, -0.25) is 4.68 Å². The van der Waals surface area contributed by atoms with Crippen LogP contribution in [0, 0.1) is 5.41 Å². The lowest BCUT2D eigenvalue weighted by Crippen LogP contribution is -2.19. The normalized spacial score (nSPS) is 14.4. The van der Waals surface area contributed by atoms with Crippen LogP contribution in [0.2, 0.25) is 0 Å². The van der Waals surface area contributed by atoms with Crippen molar-refractivity contribution in [2.24, 2.45) is 12.5 Å². The SMILES string of the molecule is CC(Cl)CC(C)(C)Cc1cn(C)nn1. The molecule has 0 amide bonds. The van der Waals surface area contributed by atoms with Gasteiger partial charge in [0, 0.05) is 18.6 Å². The van der Waals surface area contributed by atoms with Gasteiger partial charge in [0.2, 0.25) is 0 Å². The Morgan fingerprint density at radius 3 is 2.64 bits per heavy atom. The van der Waals surface area contributed by atoms with Crippen molar-refractivity contribution in [1.29, 1.82) is 0 Å². The van der Waals surface area contributed by atoms with Crippen LogP contribution in [0.3, 0.4) is 0 Å². The highest BCUT2D eigenvalue weighted by Crippen LogP contribution is 2.28. The summed E-state index contributed by atoms with van der Waals surface area (Å²) in [4.78, 5) is 0. The molecule has 1 rings (SSSR count). The summed E-state index contributed by atoms with van der Waals surface area (Å²) >= 11 is 5.99. The van der Waals surface area contributed by atoms with Crippen LogP contribution in [0.1, 0.15) is 32.9 Å². The maximum Gasteiger partial charge on any atom is 0.0832 e. The first-order valence-electron chi connectivity index (χ1n) is 4.88. The Morgan fingerprint density at radius 1 is 1.57 bits per heavy atom. The lowest BCUT2D eigenvalue weighted by atomic mass is 9.83. The quantitative estimate of drug-likeness (QED) is 0.723. The predicted molar refractivity (Wildman–Crippen MR) is 58.4 cm³/mol. The minimum Gasteiger partial charge on any atom is -0.255 e. The minimum absolute atomic E-state index is 0.192. The van der Waals surface area contributed by atoms with E-state index < -0.39 is 0 Å². The molecule has 0 N–H and O–H groups in total. The first-order valence-corrected chi connectivity index (χ1v) is 5.32. The minimum atomic E-state index is 0.192. The molecule has 1 aromatic heterocycles. The number of hydrogen-bond acceptors (Lipinski definition) is 2. The molecule has 0 radical (unpaired) electrons. The summed E-state index contributed by atoms with van der Waals surface area (Å²) in [5, 5.41) is 8.20. The fraction of sp³-hybridized carbons (Fsp3) is 0.800. The molecule has 0 aliphatic carbocycles. The molecule has 0 aliphatic heterocycles. The van der Waals surface area contributed by atoms with Crippen LogP contribution in [0.15, 0.2) is 6.20 Å². The summed E-state index contributed by atoms with van der Waals surface area (Å²) in [5.41, 5.74) is 1.23. The van der Waals surface area contributed by atoms with Crippen LogP contribution in [0.5, 0.6) is 0 Å². The van der Waals surface area contributed by atoms with Crippen molar-refractivity contribution in [2.45, 2.75) is 39.0 Å². The Kier molecular flexibility index (Phi) is 3.53. The molecular formula is C10H18ClN3. The largest absolute Gasteiger partial charge is 0.255 e. The highest BCUT2D eigenvalue weighted by Gasteiger charge is 2.22. The fourth-order valence-corrected chi connectivity index (χ4v) is 2.22. The zero-order chi connectivity index (χ0) is 10.8. The van der Waals surface area contributed by atoms with E-state index in [4.69, 9.17) is 11.6 Å². The summed E-state index contributed by atoms with van der Waals surface area (Å²) in [6, 6.07) is 0. The molecule has 0 fully saturated rings. The number of rotatable bonds is 4. The van der Waals surface area contributed by atoms with Crippen molar-refractivity contribution in [3.63, 3.8) is 0 Å². The lowest BCUT2D eigenvalue weighted by Gasteiger charge is -2.24. The van der Waals surface area contributed by atoms with Crippen molar-refractivity contribution >= 4 is 11.6 Å². The lowest BCUT2D eigenvalue weighted by molar-refractivity contribution is 0.328. The third-order valence-electron chi connectivity index (χ3n) is 2.14. The molecule has 1 aromatic rings. The molecule has 4 heteroatoms. The smallest absolute Gasteiger partial charge is 0.0832 e. The van der Waals surface area contributed by atoms with Crippen molar-refractivity contribution in [1.82, 2.24) is 15.0 Å². The molecule has 1 heterocycles. The summed E-state index contributed by atoms with van der Waals surface area (Å²) in [6.07, 6.45) is 3.88. The van der Waals surface area contributed by atoms with E-state index in [1.807, 2.05) is 20.2 Å². The Bertz CT molecular complexity index is 291. The molecule has 1 unspecified atom stereocenters. The van der Waals surface area contributed by atoms with E-state index in [1.54, 1.807) is 4.68 Å². The van der Waals surface area contributed by atoms with E-state index in [-0.39, 0.29) is 10.8 Å². The van der Waals surface area contributed by atoms with Gasteiger partial charge in [-0.2, -0.15) is 0 Å². The average molecular weight is 216 g/mol. The molecule has 0 saturated carbocycles. The van der Waals surface area contributed by atoms with E-state index in [1.165, 1.54) is 0 Å². The van der Waals surface area contributed by atoms with E-state index in [9.17, 15) is 0 Å². The second-order valence-corrected chi connectivity index (χ2v) is 5.45. The molecule has 14 heavy (non-hydrogen) atoms. The first kappa shape index (κ1) is 11.5. The first-order chi connectivity index (χ1) is 6.39. The van der Waals surface area contributed by atoms with Crippen molar-refractivity contribution < 1.29 is 0 Å². The van der Waals surface area contributed by atoms with Crippen molar-refractivity contribution in [3.05, 3.63) is 11.9 Å². The van der Waals surface area contributed by atoms with Gasteiger partial charge < -0.3 is 0 Å². The van der Waals surface area contributed by atoms with Gasteiger partial charge >= 0.3 is 0 Å². The maximum absolute atomic E-state index is 5.99. The van der Waals surface area contributed by atoms with Crippen molar-refractivity contribution in [2.75, 3.05) is 0 Å². The van der Waals surface area contributed by atoms with Crippen LogP contribution in [-0.4, -0.2) is 20.4 Å². The highest BCUT2D eigenvalue weighted by molar-refractivity contribution is 6.20. The number of nitrogens with zero attached hydrogens (tertiary/aromatic N) is 3. The number of aryl methyl sites for hydroxylation is 1. The second kappa shape index (κ2) is 4.30. The molecule has 1 atom stereocenters. The molecule has 3 nitrogen and oxygen atoms in total. The molecule has 0 aliphatic rings. The number of alkyl halides is 1. The van der Waals surface area contributed by atoms with Gasteiger partial charge in [-0.15, -0.1) is 16.7 Å². The highest BCUT2D eigenvalue weighted by atomic mass is 35.5. The van der Waals surface area contributed by atoms with E-state index in [0.29, 0.717) is 0 Å². The van der Waals surface area contributed by atoms with Crippen molar-refractivity contribution in [3.8, 4) is 0 Å². The fourth-order valence-electron chi connectivity index (χ4n) is 1.80. The molecule has 0 spiro atoms. The molecule has 80 valence electrons. The Morgan fingerprint density at radius 2 is 2.21 bits per heavy atom. The van der Waals surface area contributed by atoms with Gasteiger partial charge in [0.15, 0.2) is 0 Å². The molecule has 0 saturated heterocycles. The topological polar surface area (TPSA) is 30.7 Å². The average Bonchev–Trinajstić information content (AvgIpc) is 2.30. The van der Waals surface area contributed by atoms with Crippen LogP contribution >= 0.6 is 11.6 Å². The Hall–Kier alpha value is -0.570. The van der Waals surface area contributed by atoms with Crippen LogP contribution in [-0.2, 0) is 13.5 Å². The van der Waals surface area contributed by atoms with E-state index in [0.717, 1.165) is 18.5 Å². The summed E-state index contributed by atoms with van der Waals surface area (Å²) in [6.45, 7) is 6.45. The van der Waals surface area contributed by atoms with Gasteiger partial charge in [0.05, 0.1) is 5.69 Å². The number of hydrogen-bond donors (Lipinski definition) is 0. The van der Waals surface area contributed by atoms with Gasteiger partial charge in [0.1, 0.15) is 0 Å². The van der Waals surface area contributed by atoms with E-state index >= 15 is 0 Å². The van der Waals surface area contributed by atoms with E-state index in [2.05, 4.69) is 24.2 Å². The van der Waals surface area contributed by atoms with Gasteiger partial charge in [-0.1, -0.05) is 19.1 Å². The predicted octanol–water partition coefficient (Wildman–Crippen LogP) is 2.40. The Labute approximate surface area is 90.4 Å². The van der Waals surface area contributed by atoms with Gasteiger partial charge in [-0.05, 0) is 25.2 Å². The van der Waals surface area contributed by atoms with Crippen LogP contribution in [0.4, 0.5) is 0 Å². The molecular weight excluding hydrogens is 198 g/mol. The second-order valence-electron chi connectivity index (χ2n) is 4.71. The summed E-state index contributed by atoms with van der Waals surface area (Å²) in [7, 11) is 1.88. The maximum atomic E-state index is 5.99. The monoisotopic (exact) mass is 215 g/mol. The van der Waals surface area contributed by atoms with Gasteiger partial charge in [0.25, 0.3) is 0 Å². The molecule has 0 aromatic carbocycles. The third-order valence-corrected chi connectivity index (χ3v) is 2.30. The van der Waals surface area contributed by atoms with Gasteiger partial charge in [-0.25, -0.2) is 0 Å². The zero-order valence-corrected chi connectivity index (χ0v) is 10.0. The summed E-state index contributed by atoms with van der Waals surface area (Å²) < 4.78 is 1.73. The van der Waals surface area contributed by atoms with Crippen LogP contribution in [0.25, 0.3) is 0 Å². The third kappa shape index (κ3) is 3.66. The Balaban J connectivity index is 2.58. The molecule has 0 bridgehead atoms. The summed E-state index contributed by atoms with van der Waals surface area (Å²) in [5.74, 6) is 0. The number of aromatic nitrogens is 3. The zero-order valence-electron chi connectivity index (χ0n) is 9.29.